The molecule has 0 amide bonds. The van der Waals surface area contributed by atoms with Gasteiger partial charge in [-0.3, -0.25) is 9.59 Å². The Morgan fingerprint density at radius 2 is 1.65 bits per heavy atom. The first kappa shape index (κ1) is 10.0. The van der Waals surface area contributed by atoms with Crippen molar-refractivity contribution in [1.29, 1.82) is 0 Å². The lowest BCUT2D eigenvalue weighted by Crippen LogP contribution is -2.14. The van der Waals surface area contributed by atoms with Crippen molar-refractivity contribution in [2.75, 3.05) is 0 Å². The summed E-state index contributed by atoms with van der Waals surface area (Å²) in [5.74, 6) is -0.0780. The lowest BCUT2D eigenvalue weighted by atomic mass is 10.0. The minimum absolute atomic E-state index is 0.0780. The van der Waals surface area contributed by atoms with Gasteiger partial charge in [0, 0.05) is 11.6 Å². The number of fused-ring (bicyclic) bond motifs is 2. The van der Waals surface area contributed by atoms with Crippen LogP contribution in [0.5, 0.6) is 0 Å². The molecule has 84 valence electrons. The molecule has 3 heteroatoms. The topological polar surface area (TPSA) is 49.9 Å². The number of carbonyl (C=O) groups excluding carboxylic acids is 1. The van der Waals surface area contributed by atoms with E-state index in [-0.39, 0.29) is 11.3 Å². The number of H-pyrrole nitrogens is 1. The number of pyridine rings is 1. The van der Waals surface area contributed by atoms with Gasteiger partial charge in [-0.15, -0.1) is 0 Å². The number of aromatic nitrogens is 1. The Morgan fingerprint density at radius 1 is 0.882 bits per heavy atom. The van der Waals surface area contributed by atoms with Crippen molar-refractivity contribution < 1.29 is 4.79 Å². The van der Waals surface area contributed by atoms with Gasteiger partial charge in [0.1, 0.15) is 0 Å². The van der Waals surface area contributed by atoms with Crippen LogP contribution in [0, 0.1) is 0 Å². The van der Waals surface area contributed by atoms with Crippen LogP contribution in [0.4, 0.5) is 0 Å². The van der Waals surface area contributed by atoms with Crippen molar-refractivity contribution in [3.8, 4) is 0 Å². The number of carbonyl (C=O) groups is 1. The van der Waals surface area contributed by atoms with E-state index < -0.39 is 0 Å². The second-order valence-corrected chi connectivity index (χ2v) is 4.21. The number of ketones is 1. The third kappa shape index (κ3) is 1.60. The predicted molar refractivity (Wildman–Crippen MR) is 64.3 cm³/mol. The molecule has 17 heavy (non-hydrogen) atoms. The lowest BCUT2D eigenvalue weighted by molar-refractivity contribution is 0.103. The van der Waals surface area contributed by atoms with E-state index in [1.807, 2.05) is 24.3 Å². The molecule has 0 fully saturated rings. The summed E-state index contributed by atoms with van der Waals surface area (Å²) in [6.07, 6.45) is 1.62. The number of aromatic amines is 1. The highest BCUT2D eigenvalue weighted by atomic mass is 16.1. The molecule has 3 rings (SSSR count). The largest absolute Gasteiger partial charge is 0.319 e. The molecule has 0 spiro atoms. The molecule has 0 radical (unpaired) electrons. The van der Waals surface area contributed by atoms with Crippen LogP contribution in [-0.4, -0.2) is 10.8 Å². The Morgan fingerprint density at radius 3 is 2.53 bits per heavy atom. The van der Waals surface area contributed by atoms with Crippen LogP contribution in [0.2, 0.25) is 0 Å². The summed E-state index contributed by atoms with van der Waals surface area (Å²) in [6, 6.07) is 10.8. The average Bonchev–Trinajstić information content (AvgIpc) is 2.49. The van der Waals surface area contributed by atoms with Crippen molar-refractivity contribution in [3.63, 3.8) is 0 Å². The Labute approximate surface area is 98.1 Å². The summed E-state index contributed by atoms with van der Waals surface area (Å²) in [5, 5.41) is 0. The smallest absolute Gasteiger partial charge is 0.248 e. The zero-order valence-corrected chi connectivity index (χ0v) is 9.19. The lowest BCUT2D eigenvalue weighted by Gasteiger charge is -2.03. The molecule has 0 aliphatic heterocycles. The van der Waals surface area contributed by atoms with E-state index in [0.29, 0.717) is 11.3 Å². The summed E-state index contributed by atoms with van der Waals surface area (Å²) in [7, 11) is 0. The van der Waals surface area contributed by atoms with Gasteiger partial charge in [-0.25, -0.2) is 0 Å². The Kier molecular flexibility index (Phi) is 2.18. The van der Waals surface area contributed by atoms with Crippen molar-refractivity contribution in [3.05, 3.63) is 69.1 Å². The number of hydrogen-bond acceptors (Lipinski definition) is 2. The molecule has 2 aromatic rings. The van der Waals surface area contributed by atoms with Crippen LogP contribution < -0.4 is 5.56 Å². The first-order valence-corrected chi connectivity index (χ1v) is 5.60. The van der Waals surface area contributed by atoms with Crippen LogP contribution >= 0.6 is 0 Å². The molecule has 3 nitrogen and oxygen atoms in total. The maximum absolute atomic E-state index is 12.3. The van der Waals surface area contributed by atoms with Crippen LogP contribution in [-0.2, 0) is 12.8 Å². The van der Waals surface area contributed by atoms with Gasteiger partial charge in [0.05, 0.1) is 5.69 Å². The predicted octanol–water partition coefficient (Wildman–Crippen LogP) is 1.70. The monoisotopic (exact) mass is 225 g/mol. The van der Waals surface area contributed by atoms with E-state index in [4.69, 9.17) is 0 Å². The molecule has 1 aliphatic carbocycles. The third-order valence-electron chi connectivity index (χ3n) is 3.16. The number of benzene rings is 1. The van der Waals surface area contributed by atoms with Crippen molar-refractivity contribution in [1.82, 2.24) is 4.98 Å². The SMILES string of the molecule is O=C1c2ccccc2CCc2ccc(=O)[nH]c21. The van der Waals surface area contributed by atoms with E-state index in [9.17, 15) is 9.59 Å². The Hall–Kier alpha value is -2.16. The molecule has 1 aromatic carbocycles. The number of nitrogens with one attached hydrogen (secondary N) is 1. The van der Waals surface area contributed by atoms with Gasteiger partial charge in [0.15, 0.2) is 0 Å². The number of rotatable bonds is 0. The zero-order chi connectivity index (χ0) is 11.8. The highest BCUT2D eigenvalue weighted by molar-refractivity contribution is 6.09. The molecule has 0 saturated carbocycles. The molecule has 1 aromatic heterocycles. The maximum Gasteiger partial charge on any atom is 0.248 e. The second-order valence-electron chi connectivity index (χ2n) is 4.21. The summed E-state index contributed by atoms with van der Waals surface area (Å²) < 4.78 is 0. The number of hydrogen-bond donors (Lipinski definition) is 1. The molecular formula is C14H11NO2. The van der Waals surface area contributed by atoms with Gasteiger partial charge in [0.25, 0.3) is 0 Å². The van der Waals surface area contributed by atoms with Gasteiger partial charge in [-0.1, -0.05) is 30.3 Å². The fraction of sp³-hybridized carbons (Fsp3) is 0.143. The van der Waals surface area contributed by atoms with Crippen molar-refractivity contribution >= 4 is 5.78 Å². The van der Waals surface area contributed by atoms with E-state index >= 15 is 0 Å². The fourth-order valence-corrected chi connectivity index (χ4v) is 2.28. The van der Waals surface area contributed by atoms with E-state index in [2.05, 4.69) is 4.98 Å². The summed E-state index contributed by atoms with van der Waals surface area (Å²) in [4.78, 5) is 26.3. The Bertz CT molecular complexity index is 655. The Balaban J connectivity index is 2.25. The van der Waals surface area contributed by atoms with Crippen LogP contribution in [0.3, 0.4) is 0 Å². The second kappa shape index (κ2) is 3.70. The molecule has 0 saturated heterocycles. The van der Waals surface area contributed by atoms with E-state index in [1.165, 1.54) is 6.07 Å². The highest BCUT2D eigenvalue weighted by Gasteiger charge is 2.21. The minimum Gasteiger partial charge on any atom is -0.319 e. The molecule has 0 bridgehead atoms. The average molecular weight is 225 g/mol. The summed E-state index contributed by atoms with van der Waals surface area (Å²) in [5.41, 5.74) is 2.90. The fourth-order valence-electron chi connectivity index (χ4n) is 2.28. The quantitative estimate of drug-likeness (QED) is 0.742. The van der Waals surface area contributed by atoms with E-state index in [1.54, 1.807) is 6.07 Å². The van der Waals surface area contributed by atoms with E-state index in [0.717, 1.165) is 24.0 Å². The van der Waals surface area contributed by atoms with Crippen LogP contribution in [0.15, 0.2) is 41.2 Å². The van der Waals surface area contributed by atoms with Gasteiger partial charge in [-0.2, -0.15) is 0 Å². The minimum atomic E-state index is -0.225. The standard InChI is InChI=1S/C14H11NO2/c16-12-8-7-10-6-5-9-3-1-2-4-11(9)14(17)13(10)15-12/h1-4,7-8H,5-6H2,(H,15,16). The molecule has 1 N–H and O–H groups in total. The zero-order valence-electron chi connectivity index (χ0n) is 9.19. The highest BCUT2D eigenvalue weighted by Crippen LogP contribution is 2.21. The molecule has 1 heterocycles. The van der Waals surface area contributed by atoms with Crippen molar-refractivity contribution in [2.45, 2.75) is 12.8 Å². The number of aryl methyl sites for hydroxylation is 2. The van der Waals surface area contributed by atoms with Crippen LogP contribution in [0.1, 0.15) is 27.2 Å². The van der Waals surface area contributed by atoms with Gasteiger partial charge >= 0.3 is 0 Å². The maximum atomic E-state index is 12.3. The third-order valence-corrected chi connectivity index (χ3v) is 3.16. The normalized spacial score (nSPS) is 13.8. The van der Waals surface area contributed by atoms with Gasteiger partial charge in [0.2, 0.25) is 11.3 Å². The summed E-state index contributed by atoms with van der Waals surface area (Å²) in [6.45, 7) is 0. The molecule has 1 aliphatic rings. The van der Waals surface area contributed by atoms with Crippen molar-refractivity contribution in [2.24, 2.45) is 0 Å². The van der Waals surface area contributed by atoms with Gasteiger partial charge < -0.3 is 4.98 Å². The molecule has 0 atom stereocenters. The summed E-state index contributed by atoms with van der Waals surface area (Å²) >= 11 is 0. The first-order valence-electron chi connectivity index (χ1n) is 5.60. The van der Waals surface area contributed by atoms with Gasteiger partial charge in [-0.05, 0) is 24.0 Å². The first-order chi connectivity index (χ1) is 8.25. The molecular weight excluding hydrogens is 214 g/mol. The molecule has 0 unspecified atom stereocenters. The van der Waals surface area contributed by atoms with Crippen LogP contribution in [0.25, 0.3) is 0 Å².